The van der Waals surface area contributed by atoms with Gasteiger partial charge in [0.15, 0.2) is 5.78 Å². The van der Waals surface area contributed by atoms with Gasteiger partial charge >= 0.3 is 11.9 Å². The Morgan fingerprint density at radius 3 is 2.59 bits per heavy atom. The summed E-state index contributed by atoms with van der Waals surface area (Å²) in [5, 5.41) is 24.3. The molecule has 44 heavy (non-hydrogen) atoms. The molecule has 1 aromatic rings. The molecule has 1 spiro atoms. The van der Waals surface area contributed by atoms with Gasteiger partial charge in [0.2, 0.25) is 5.91 Å². The highest BCUT2D eigenvalue weighted by atomic mass is 32.2. The largest absolute Gasteiger partial charge is 0.477 e. The number of carboxylic acids is 1. The summed E-state index contributed by atoms with van der Waals surface area (Å²) in [7, 11) is -1.74. The summed E-state index contributed by atoms with van der Waals surface area (Å²) < 4.78 is 18.5. The van der Waals surface area contributed by atoms with Crippen LogP contribution in [-0.2, 0) is 45.9 Å². The number of carbonyl (C=O) groups is 5. The zero-order valence-corrected chi connectivity index (χ0v) is 26.1. The van der Waals surface area contributed by atoms with Crippen molar-refractivity contribution in [3.8, 4) is 0 Å². The number of amides is 2. The number of carbonyl (C=O) groups excluding carboxylic acids is 4. The van der Waals surface area contributed by atoms with Crippen LogP contribution in [0.1, 0.15) is 51.3 Å². The quantitative estimate of drug-likeness (QED) is 0.270. The Bertz CT molecular complexity index is 1670. The monoisotopic (exact) mass is 640 g/mol. The van der Waals surface area contributed by atoms with E-state index in [1.54, 1.807) is 25.1 Å². The number of carboxylic acid groups (broad SMARTS) is 1. The maximum Gasteiger partial charge on any atom is 0.352 e. The Hall–Kier alpha value is -3.68. The van der Waals surface area contributed by atoms with Crippen molar-refractivity contribution in [3.05, 3.63) is 67.6 Å². The summed E-state index contributed by atoms with van der Waals surface area (Å²) in [5.74, 6) is -3.70. The molecule has 3 heterocycles. The molecule has 11 nitrogen and oxygen atoms in total. The number of Topliss-reactive ketones (excluding diaryl/α,β-unsaturated/α-hetero) is 1. The van der Waals surface area contributed by atoms with Gasteiger partial charge in [-0.25, -0.2) is 4.79 Å². The molecule has 3 N–H and O–H groups in total. The van der Waals surface area contributed by atoms with Crippen molar-refractivity contribution in [2.24, 2.45) is 5.41 Å². The van der Waals surface area contributed by atoms with E-state index >= 15 is 0 Å². The molecule has 1 unspecified atom stereocenters. The molecule has 0 aromatic carbocycles. The zero-order valence-electron chi connectivity index (χ0n) is 24.4. The van der Waals surface area contributed by atoms with E-state index in [1.807, 2.05) is 19.2 Å². The number of thiophene rings is 1. The van der Waals surface area contributed by atoms with Crippen molar-refractivity contribution in [1.82, 2.24) is 10.2 Å². The maximum absolute atomic E-state index is 13.2. The molecule has 4 atom stereocenters. The van der Waals surface area contributed by atoms with Crippen LogP contribution >= 0.6 is 11.3 Å². The van der Waals surface area contributed by atoms with Gasteiger partial charge in [0, 0.05) is 27.9 Å². The standard InChI is InChI=1S/C31H32N2O9S2/c1-15-11-20-23(16(2)31(8-9-31)30(3,40)26(20)36)19(15)6-7-22(35)42-13-17-14-44(41)28-24(27(37)33(28)25(17)29(38)39)32-21(34)12-18-5-4-10-43-18/h4-5,10-11,24,28,40H,6-9,12-14H2,1-3H3,(H,32,34)(H,38,39)/t24-,28-,30-,44?/m0/s1. The number of β-lactam (4-membered cyclic amide) rings is 1. The molecule has 1 saturated carbocycles. The molecule has 0 bridgehead atoms. The van der Waals surface area contributed by atoms with E-state index in [0.717, 1.165) is 32.1 Å². The lowest BCUT2D eigenvalue weighted by Crippen LogP contribution is -2.73. The number of nitrogens with one attached hydrogen (secondary N) is 1. The minimum atomic E-state index is -1.74. The SMILES string of the molecule is CC1=C(CCC(=O)OCC2=C(C(=O)O)N3C(=O)[C@H](NC(=O)Cc4cccs4)[C@@H]3S(=O)C2)C2=C(C)C3(CC3)[C@@](C)(O)C(=O)C2=C1. The second kappa shape index (κ2) is 10.7. The lowest BCUT2D eigenvalue weighted by atomic mass is 9.67. The second-order valence-corrected chi connectivity index (χ2v) is 14.6. The number of fused-ring (bicyclic) bond motifs is 2. The average Bonchev–Trinajstić information content (AvgIpc) is 3.52. The number of hydrogen-bond acceptors (Lipinski definition) is 9. The van der Waals surface area contributed by atoms with Gasteiger partial charge in [-0.15, -0.1) is 11.3 Å². The summed E-state index contributed by atoms with van der Waals surface area (Å²) in [6.07, 6.45) is 3.46. The second-order valence-electron chi connectivity index (χ2n) is 12.0. The van der Waals surface area contributed by atoms with Gasteiger partial charge in [-0.1, -0.05) is 11.6 Å². The number of nitrogens with zero attached hydrogens (tertiary/aromatic N) is 1. The number of aliphatic carboxylic acids is 1. The molecule has 1 saturated heterocycles. The fourth-order valence-corrected chi connectivity index (χ4v) is 9.33. The first-order valence-electron chi connectivity index (χ1n) is 14.3. The molecule has 5 aliphatic rings. The smallest absolute Gasteiger partial charge is 0.352 e. The van der Waals surface area contributed by atoms with Crippen LogP contribution in [-0.4, -0.2) is 78.2 Å². The van der Waals surface area contributed by atoms with Crippen LogP contribution in [0, 0.1) is 5.41 Å². The zero-order chi connectivity index (χ0) is 31.7. The van der Waals surface area contributed by atoms with Crippen LogP contribution < -0.4 is 5.32 Å². The number of esters is 1. The normalized spacial score (nSPS) is 28.5. The molecule has 0 radical (unpaired) electrons. The first-order valence-corrected chi connectivity index (χ1v) is 16.6. The minimum absolute atomic E-state index is 0.0479. The first kappa shape index (κ1) is 30.4. The molecule has 6 rings (SSSR count). The highest BCUT2D eigenvalue weighted by Gasteiger charge is 2.65. The predicted octanol–water partition coefficient (Wildman–Crippen LogP) is 2.06. The van der Waals surface area contributed by atoms with Crippen LogP contribution in [0.3, 0.4) is 0 Å². The fraction of sp³-hybridized carbons (Fsp3) is 0.452. The Kier molecular flexibility index (Phi) is 7.41. The average molecular weight is 641 g/mol. The van der Waals surface area contributed by atoms with Gasteiger partial charge in [0.1, 0.15) is 29.3 Å². The fourth-order valence-electron chi connectivity index (χ4n) is 6.96. The summed E-state index contributed by atoms with van der Waals surface area (Å²) in [4.78, 5) is 65.3. The van der Waals surface area contributed by atoms with Gasteiger partial charge in [0.25, 0.3) is 5.91 Å². The van der Waals surface area contributed by atoms with Gasteiger partial charge in [-0.05, 0) is 74.3 Å². The Labute approximate surface area is 259 Å². The number of rotatable bonds is 9. The molecule has 3 aliphatic carbocycles. The van der Waals surface area contributed by atoms with E-state index < -0.39 is 63.6 Å². The number of hydrogen-bond donors (Lipinski definition) is 3. The van der Waals surface area contributed by atoms with E-state index in [2.05, 4.69) is 5.32 Å². The molecular formula is C31H32N2O9S2. The van der Waals surface area contributed by atoms with Crippen molar-refractivity contribution in [3.63, 3.8) is 0 Å². The molecule has 13 heteroatoms. The summed E-state index contributed by atoms with van der Waals surface area (Å²) >= 11 is 1.39. The maximum atomic E-state index is 13.2. The van der Waals surface area contributed by atoms with Crippen molar-refractivity contribution in [2.45, 2.75) is 69.9 Å². The third kappa shape index (κ3) is 4.63. The third-order valence-corrected chi connectivity index (χ3v) is 12.0. The number of aliphatic hydroxyl groups is 1. The number of ether oxygens (including phenoxy) is 1. The van der Waals surface area contributed by atoms with Crippen LogP contribution in [0.5, 0.6) is 0 Å². The predicted molar refractivity (Wildman–Crippen MR) is 159 cm³/mol. The number of allylic oxidation sites excluding steroid dienone is 4. The van der Waals surface area contributed by atoms with E-state index in [9.17, 15) is 38.4 Å². The van der Waals surface area contributed by atoms with Crippen LogP contribution in [0.25, 0.3) is 0 Å². The first-order chi connectivity index (χ1) is 20.8. The van der Waals surface area contributed by atoms with Crippen LogP contribution in [0.15, 0.2) is 62.7 Å². The Morgan fingerprint density at radius 2 is 1.95 bits per heavy atom. The molecule has 2 aliphatic heterocycles. The molecule has 2 fully saturated rings. The highest BCUT2D eigenvalue weighted by molar-refractivity contribution is 7.86. The van der Waals surface area contributed by atoms with Gasteiger partial charge in [0.05, 0.1) is 23.0 Å². The Morgan fingerprint density at radius 1 is 1.23 bits per heavy atom. The lowest BCUT2D eigenvalue weighted by Gasteiger charge is -2.49. The topological polar surface area (TPSA) is 167 Å². The van der Waals surface area contributed by atoms with E-state index in [-0.39, 0.29) is 42.1 Å². The van der Waals surface area contributed by atoms with E-state index in [0.29, 0.717) is 18.4 Å². The van der Waals surface area contributed by atoms with Gasteiger partial charge < -0.3 is 20.3 Å². The summed E-state index contributed by atoms with van der Waals surface area (Å²) in [5.41, 5.74) is 1.49. The number of ketones is 1. The van der Waals surface area contributed by atoms with Gasteiger partial charge in [-0.2, -0.15) is 0 Å². The lowest BCUT2D eigenvalue weighted by molar-refractivity contribution is -0.151. The van der Waals surface area contributed by atoms with Crippen molar-refractivity contribution < 1.29 is 43.1 Å². The summed E-state index contributed by atoms with van der Waals surface area (Å²) in [6, 6.07) is 2.47. The molecule has 2 amide bonds. The minimum Gasteiger partial charge on any atom is -0.477 e. The molecule has 232 valence electrons. The highest BCUT2D eigenvalue weighted by Crippen LogP contribution is 2.65. The van der Waals surface area contributed by atoms with Crippen LogP contribution in [0.2, 0.25) is 0 Å². The van der Waals surface area contributed by atoms with Crippen LogP contribution in [0.4, 0.5) is 0 Å². The Balaban J connectivity index is 1.10. The van der Waals surface area contributed by atoms with Crippen molar-refractivity contribution in [2.75, 3.05) is 12.4 Å². The third-order valence-electron chi connectivity index (χ3n) is 9.49. The molecule has 1 aromatic heterocycles. The molecular weight excluding hydrogens is 608 g/mol. The van der Waals surface area contributed by atoms with E-state index in [4.69, 9.17) is 4.74 Å². The summed E-state index contributed by atoms with van der Waals surface area (Å²) in [6.45, 7) is 4.91. The van der Waals surface area contributed by atoms with E-state index in [1.165, 1.54) is 11.3 Å². The van der Waals surface area contributed by atoms with Crippen molar-refractivity contribution in [1.29, 1.82) is 0 Å². The van der Waals surface area contributed by atoms with Crippen molar-refractivity contribution >= 4 is 51.7 Å². The van der Waals surface area contributed by atoms with Gasteiger partial charge in [-0.3, -0.25) is 28.3 Å².